The van der Waals surface area contributed by atoms with Crippen LogP contribution in [0.25, 0.3) is 0 Å². The van der Waals surface area contributed by atoms with E-state index in [0.717, 1.165) is 103 Å². The molecule has 0 rings (SSSR count). The van der Waals surface area contributed by atoms with Crippen LogP contribution in [-0.4, -0.2) is 37.2 Å². The van der Waals surface area contributed by atoms with Crippen LogP contribution in [0.1, 0.15) is 181 Å². The summed E-state index contributed by atoms with van der Waals surface area (Å²) in [5.74, 6) is -0.932. The first-order valence-corrected chi connectivity index (χ1v) is 19.6. The third-order valence-electron chi connectivity index (χ3n) is 8.10. The van der Waals surface area contributed by atoms with Crippen LogP contribution in [0.15, 0.2) is 48.6 Å². The van der Waals surface area contributed by atoms with Crippen LogP contribution >= 0.6 is 0 Å². The summed E-state index contributed by atoms with van der Waals surface area (Å²) in [6.45, 7) is 6.35. The maximum absolute atomic E-state index is 12.5. The number of allylic oxidation sites excluding steroid dienone is 8. The smallest absolute Gasteiger partial charge is 0.306 e. The summed E-state index contributed by atoms with van der Waals surface area (Å²) in [7, 11) is 0. The summed E-state index contributed by atoms with van der Waals surface area (Å²) < 4.78 is 16.5. The summed E-state index contributed by atoms with van der Waals surface area (Å²) in [4.78, 5) is 37.2. The molecule has 0 heterocycles. The second-order valence-corrected chi connectivity index (χ2v) is 12.8. The molecule has 0 aliphatic carbocycles. The molecule has 0 saturated heterocycles. The van der Waals surface area contributed by atoms with E-state index in [1.165, 1.54) is 38.5 Å². The molecule has 0 spiro atoms. The van der Waals surface area contributed by atoms with Crippen molar-refractivity contribution in [3.63, 3.8) is 0 Å². The summed E-state index contributed by atoms with van der Waals surface area (Å²) in [6, 6.07) is 0. The Morgan fingerprint density at radius 3 is 1.27 bits per heavy atom. The molecule has 0 aromatic rings. The van der Waals surface area contributed by atoms with Crippen molar-refractivity contribution in [1.29, 1.82) is 0 Å². The molecular formula is C42H72O6. The van der Waals surface area contributed by atoms with E-state index < -0.39 is 6.10 Å². The number of rotatable bonds is 34. The number of hydrogen-bond acceptors (Lipinski definition) is 6. The highest BCUT2D eigenvalue weighted by Crippen LogP contribution is 2.12. The van der Waals surface area contributed by atoms with Gasteiger partial charge in [0, 0.05) is 19.3 Å². The first-order chi connectivity index (χ1) is 23.5. The maximum Gasteiger partial charge on any atom is 0.306 e. The standard InChI is InChI=1S/C42H72O6/c1-4-7-10-13-15-17-18-19-20-21-22-23-24-25-27-29-32-35-41(44)47-38-39(37-46-40(43)34-31-28-12-9-6-3)48-42(45)36-33-30-26-16-14-11-8-5-2/h7,10,15,17,19-20,22-23,39H,4-6,8-9,11-14,16,18,21,24-38H2,1-3H3/b10-7-,17-15-,20-19-,23-22-. The Bertz CT molecular complexity index is 871. The van der Waals surface area contributed by atoms with E-state index in [-0.39, 0.29) is 31.1 Å². The third-order valence-corrected chi connectivity index (χ3v) is 8.10. The highest BCUT2D eigenvalue weighted by atomic mass is 16.6. The molecule has 0 saturated carbocycles. The lowest BCUT2D eigenvalue weighted by atomic mass is 10.1. The van der Waals surface area contributed by atoms with Crippen LogP contribution in [0.4, 0.5) is 0 Å². The van der Waals surface area contributed by atoms with Crippen molar-refractivity contribution in [1.82, 2.24) is 0 Å². The number of ether oxygens (including phenoxy) is 3. The highest BCUT2D eigenvalue weighted by molar-refractivity contribution is 5.71. The van der Waals surface area contributed by atoms with Crippen LogP contribution in [0.3, 0.4) is 0 Å². The topological polar surface area (TPSA) is 78.9 Å². The number of unbranched alkanes of at least 4 members (excludes halogenated alkanes) is 15. The zero-order chi connectivity index (χ0) is 35.2. The molecule has 0 aliphatic heterocycles. The molecule has 0 aromatic heterocycles. The number of esters is 3. The van der Waals surface area contributed by atoms with Gasteiger partial charge in [0.2, 0.25) is 0 Å². The average Bonchev–Trinajstić information content (AvgIpc) is 3.08. The summed E-state index contributed by atoms with van der Waals surface area (Å²) in [5, 5.41) is 0. The summed E-state index contributed by atoms with van der Waals surface area (Å²) in [5.41, 5.74) is 0. The molecule has 276 valence electrons. The molecule has 0 radical (unpaired) electrons. The van der Waals surface area contributed by atoms with E-state index in [1.807, 2.05) is 0 Å². The number of carbonyl (C=O) groups is 3. The second kappa shape index (κ2) is 37.2. The van der Waals surface area contributed by atoms with Crippen LogP contribution in [0.5, 0.6) is 0 Å². The van der Waals surface area contributed by atoms with Gasteiger partial charge in [-0.2, -0.15) is 0 Å². The maximum atomic E-state index is 12.5. The van der Waals surface area contributed by atoms with Gasteiger partial charge in [-0.25, -0.2) is 0 Å². The second-order valence-electron chi connectivity index (χ2n) is 12.8. The minimum atomic E-state index is -0.773. The molecule has 1 unspecified atom stereocenters. The lowest BCUT2D eigenvalue weighted by molar-refractivity contribution is -0.167. The fourth-order valence-corrected chi connectivity index (χ4v) is 5.14. The Labute approximate surface area is 295 Å². The van der Waals surface area contributed by atoms with E-state index in [0.29, 0.717) is 19.3 Å². The Hall–Kier alpha value is -2.63. The third kappa shape index (κ3) is 34.7. The molecular weight excluding hydrogens is 600 g/mol. The fraction of sp³-hybridized carbons (Fsp3) is 0.738. The van der Waals surface area contributed by atoms with Crippen LogP contribution in [-0.2, 0) is 28.6 Å². The summed E-state index contributed by atoms with van der Waals surface area (Å²) >= 11 is 0. The highest BCUT2D eigenvalue weighted by Gasteiger charge is 2.19. The van der Waals surface area contributed by atoms with Crippen LogP contribution < -0.4 is 0 Å². The van der Waals surface area contributed by atoms with Gasteiger partial charge in [0.1, 0.15) is 13.2 Å². The minimum absolute atomic E-state index is 0.0818. The Morgan fingerprint density at radius 2 is 0.812 bits per heavy atom. The molecule has 0 fully saturated rings. The SMILES string of the molecule is CC/C=C\C/C=C\C/C=C\C/C=C\CCCCCCC(=O)OCC(COC(=O)CCCCCCC)OC(=O)CCCCCCCCCC. The van der Waals surface area contributed by atoms with Gasteiger partial charge in [-0.3, -0.25) is 14.4 Å². The lowest BCUT2D eigenvalue weighted by Gasteiger charge is -2.18. The van der Waals surface area contributed by atoms with E-state index in [2.05, 4.69) is 69.4 Å². The van der Waals surface area contributed by atoms with Crippen molar-refractivity contribution in [3.05, 3.63) is 48.6 Å². The molecule has 6 heteroatoms. The van der Waals surface area contributed by atoms with Crippen molar-refractivity contribution in [2.24, 2.45) is 0 Å². The molecule has 48 heavy (non-hydrogen) atoms. The fourth-order valence-electron chi connectivity index (χ4n) is 5.14. The van der Waals surface area contributed by atoms with E-state index >= 15 is 0 Å². The molecule has 6 nitrogen and oxygen atoms in total. The quantitative estimate of drug-likeness (QED) is 0.0293. The summed E-state index contributed by atoms with van der Waals surface area (Å²) in [6.07, 6.45) is 41.3. The van der Waals surface area contributed by atoms with Crippen molar-refractivity contribution in [3.8, 4) is 0 Å². The molecule has 0 N–H and O–H groups in total. The molecule has 0 aliphatic rings. The van der Waals surface area contributed by atoms with Crippen LogP contribution in [0, 0.1) is 0 Å². The van der Waals surface area contributed by atoms with Crippen LogP contribution in [0.2, 0.25) is 0 Å². The largest absolute Gasteiger partial charge is 0.462 e. The lowest BCUT2D eigenvalue weighted by Crippen LogP contribution is -2.30. The Balaban J connectivity index is 4.27. The van der Waals surface area contributed by atoms with Gasteiger partial charge in [0.15, 0.2) is 6.10 Å². The van der Waals surface area contributed by atoms with Crippen molar-refractivity contribution in [2.75, 3.05) is 13.2 Å². The van der Waals surface area contributed by atoms with E-state index in [1.54, 1.807) is 0 Å². The normalized spacial score (nSPS) is 12.5. The Kier molecular flexibility index (Phi) is 35.2. The predicted molar refractivity (Wildman–Crippen MR) is 201 cm³/mol. The molecule has 0 amide bonds. The first-order valence-electron chi connectivity index (χ1n) is 19.6. The van der Waals surface area contributed by atoms with Gasteiger partial charge in [0.05, 0.1) is 0 Å². The van der Waals surface area contributed by atoms with Gasteiger partial charge in [0.25, 0.3) is 0 Å². The molecule has 1 atom stereocenters. The number of hydrogen-bond donors (Lipinski definition) is 0. The zero-order valence-electron chi connectivity index (χ0n) is 31.2. The average molecular weight is 673 g/mol. The minimum Gasteiger partial charge on any atom is -0.462 e. The van der Waals surface area contributed by atoms with Gasteiger partial charge in [-0.1, -0.05) is 153 Å². The first kappa shape index (κ1) is 45.4. The van der Waals surface area contributed by atoms with Crippen molar-refractivity contribution >= 4 is 17.9 Å². The molecule has 0 bridgehead atoms. The molecule has 0 aromatic carbocycles. The predicted octanol–water partition coefficient (Wildman–Crippen LogP) is 12.0. The van der Waals surface area contributed by atoms with Crippen molar-refractivity contribution in [2.45, 2.75) is 187 Å². The monoisotopic (exact) mass is 673 g/mol. The van der Waals surface area contributed by atoms with Gasteiger partial charge in [-0.05, 0) is 57.8 Å². The zero-order valence-corrected chi connectivity index (χ0v) is 31.2. The van der Waals surface area contributed by atoms with Gasteiger partial charge >= 0.3 is 17.9 Å². The van der Waals surface area contributed by atoms with Gasteiger partial charge in [-0.15, -0.1) is 0 Å². The van der Waals surface area contributed by atoms with Gasteiger partial charge < -0.3 is 14.2 Å². The van der Waals surface area contributed by atoms with E-state index in [4.69, 9.17) is 14.2 Å². The number of carbonyl (C=O) groups excluding carboxylic acids is 3. The van der Waals surface area contributed by atoms with E-state index in [9.17, 15) is 14.4 Å². The Morgan fingerprint density at radius 1 is 0.438 bits per heavy atom. The van der Waals surface area contributed by atoms with Crippen molar-refractivity contribution < 1.29 is 28.6 Å².